The summed E-state index contributed by atoms with van der Waals surface area (Å²) in [5.41, 5.74) is 0. The Hall–Kier alpha value is -1.96. The number of aromatic nitrogens is 2. The monoisotopic (exact) mass is 335 g/mol. The van der Waals surface area contributed by atoms with Gasteiger partial charge in [0.15, 0.2) is 5.82 Å². The number of rotatable bonds is 3. The number of nitrogens with zero attached hydrogens (tertiary/aromatic N) is 5. The summed E-state index contributed by atoms with van der Waals surface area (Å²) in [5, 5.41) is 4.02. The molecule has 2 aliphatic heterocycles. The Balaban J connectivity index is 1.50. The normalized spacial score (nSPS) is 22.7. The van der Waals surface area contributed by atoms with Crippen LogP contribution in [0.1, 0.15) is 37.4 Å². The summed E-state index contributed by atoms with van der Waals surface area (Å²) in [6, 6.07) is 0. The second kappa shape index (κ2) is 7.29. The first-order valence-electron chi connectivity index (χ1n) is 8.59. The van der Waals surface area contributed by atoms with Crippen molar-refractivity contribution in [3.8, 4) is 0 Å². The highest BCUT2D eigenvalue weighted by atomic mass is 16.5. The van der Waals surface area contributed by atoms with E-state index in [0.29, 0.717) is 38.6 Å². The minimum Gasteiger partial charge on any atom is -0.340 e. The third kappa shape index (κ3) is 3.92. The fourth-order valence-corrected chi connectivity index (χ4v) is 3.45. The molecule has 132 valence electrons. The molecule has 0 bridgehead atoms. The van der Waals surface area contributed by atoms with E-state index >= 15 is 0 Å². The molecule has 8 heteroatoms. The molecule has 3 heterocycles. The van der Waals surface area contributed by atoms with Crippen molar-refractivity contribution in [2.24, 2.45) is 0 Å². The van der Waals surface area contributed by atoms with Gasteiger partial charge in [-0.3, -0.25) is 14.5 Å². The molecule has 2 aliphatic rings. The Morgan fingerprint density at radius 2 is 1.88 bits per heavy atom. The van der Waals surface area contributed by atoms with Gasteiger partial charge in [-0.1, -0.05) is 5.16 Å². The molecule has 24 heavy (non-hydrogen) atoms. The van der Waals surface area contributed by atoms with Crippen LogP contribution in [0.5, 0.6) is 0 Å². The van der Waals surface area contributed by atoms with Gasteiger partial charge < -0.3 is 14.3 Å². The zero-order valence-electron chi connectivity index (χ0n) is 14.4. The molecule has 0 aliphatic carbocycles. The molecule has 2 saturated heterocycles. The molecule has 0 spiro atoms. The molecule has 0 N–H and O–H groups in total. The van der Waals surface area contributed by atoms with Gasteiger partial charge in [-0.15, -0.1) is 0 Å². The van der Waals surface area contributed by atoms with Crippen LogP contribution < -0.4 is 0 Å². The predicted molar refractivity (Wildman–Crippen MR) is 86.3 cm³/mol. The van der Waals surface area contributed by atoms with Gasteiger partial charge in [0.05, 0.1) is 6.54 Å². The van der Waals surface area contributed by atoms with Crippen LogP contribution in [0.15, 0.2) is 4.52 Å². The Morgan fingerprint density at radius 1 is 1.17 bits per heavy atom. The highest BCUT2D eigenvalue weighted by Crippen LogP contribution is 2.24. The summed E-state index contributed by atoms with van der Waals surface area (Å²) in [6.07, 6.45) is 2.06. The lowest BCUT2D eigenvalue weighted by Crippen LogP contribution is -2.52. The number of aryl methyl sites for hydroxylation is 1. The van der Waals surface area contributed by atoms with Gasteiger partial charge in [-0.25, -0.2) is 0 Å². The van der Waals surface area contributed by atoms with Crippen molar-refractivity contribution in [2.75, 3.05) is 45.8 Å². The minimum atomic E-state index is 0.0800. The van der Waals surface area contributed by atoms with Crippen molar-refractivity contribution in [2.45, 2.75) is 32.6 Å². The van der Waals surface area contributed by atoms with Crippen LogP contribution in [0.25, 0.3) is 0 Å². The lowest BCUT2D eigenvalue weighted by atomic mass is 9.97. The zero-order chi connectivity index (χ0) is 17.1. The average molecular weight is 335 g/mol. The first kappa shape index (κ1) is 16.9. The maximum absolute atomic E-state index is 12.5. The molecule has 0 unspecified atom stereocenters. The highest BCUT2D eigenvalue weighted by Gasteiger charge is 2.28. The summed E-state index contributed by atoms with van der Waals surface area (Å²) in [4.78, 5) is 34.0. The van der Waals surface area contributed by atoms with Crippen molar-refractivity contribution in [3.05, 3.63) is 11.7 Å². The molecule has 2 fully saturated rings. The van der Waals surface area contributed by atoms with Crippen LogP contribution in [0.4, 0.5) is 0 Å². The van der Waals surface area contributed by atoms with Gasteiger partial charge in [-0.2, -0.15) is 4.98 Å². The molecule has 0 radical (unpaired) electrons. The smallest absolute Gasteiger partial charge is 0.236 e. The number of carbonyl (C=O) groups excluding carboxylic acids is 2. The third-order valence-corrected chi connectivity index (χ3v) is 4.85. The minimum absolute atomic E-state index is 0.0800. The molecule has 0 aromatic carbocycles. The van der Waals surface area contributed by atoms with E-state index in [0.717, 1.165) is 31.8 Å². The Labute approximate surface area is 141 Å². The van der Waals surface area contributed by atoms with Gasteiger partial charge in [0.2, 0.25) is 17.7 Å². The van der Waals surface area contributed by atoms with Crippen LogP contribution in [-0.4, -0.2) is 82.5 Å². The average Bonchev–Trinajstić information content (AvgIpc) is 3.02. The molecular weight excluding hydrogens is 310 g/mol. The molecule has 1 aromatic heterocycles. The first-order chi connectivity index (χ1) is 11.5. The summed E-state index contributed by atoms with van der Waals surface area (Å²) < 4.78 is 5.07. The van der Waals surface area contributed by atoms with Crippen molar-refractivity contribution in [1.82, 2.24) is 24.8 Å². The van der Waals surface area contributed by atoms with Crippen molar-refractivity contribution < 1.29 is 14.1 Å². The quantitative estimate of drug-likeness (QED) is 0.787. The molecule has 3 rings (SSSR count). The summed E-state index contributed by atoms with van der Waals surface area (Å²) in [5.74, 6) is 1.79. The number of likely N-dealkylation sites (tertiary alicyclic amines) is 1. The largest absolute Gasteiger partial charge is 0.340 e. The molecule has 8 nitrogen and oxygen atoms in total. The van der Waals surface area contributed by atoms with Crippen molar-refractivity contribution >= 4 is 11.8 Å². The number of carbonyl (C=O) groups is 2. The molecule has 1 aromatic rings. The standard InChI is InChI=1S/C16H25N5O3/c1-12-17-16(18-24-12)14-4-3-5-19(10-14)11-15(23)21-8-6-20(7-9-21)13(2)22/h14H,3-11H2,1-2H3/t14-/m1/s1. The SMILES string of the molecule is CC(=O)N1CCN(C(=O)CN2CCC[C@@H](c3noc(C)n3)C2)CC1. The number of piperazine rings is 1. The molecule has 0 saturated carbocycles. The van der Waals surface area contributed by atoms with Crippen LogP contribution >= 0.6 is 0 Å². The number of hydrogen-bond acceptors (Lipinski definition) is 6. The zero-order valence-corrected chi connectivity index (χ0v) is 14.4. The van der Waals surface area contributed by atoms with Gasteiger partial charge >= 0.3 is 0 Å². The first-order valence-corrected chi connectivity index (χ1v) is 8.59. The van der Waals surface area contributed by atoms with E-state index in [1.807, 2.05) is 4.90 Å². The maximum atomic E-state index is 12.5. The van der Waals surface area contributed by atoms with Gasteiger partial charge in [0, 0.05) is 52.5 Å². The Bertz CT molecular complexity index is 594. The van der Waals surface area contributed by atoms with E-state index in [1.54, 1.807) is 18.7 Å². The van der Waals surface area contributed by atoms with Gasteiger partial charge in [0.1, 0.15) is 0 Å². The van der Waals surface area contributed by atoms with E-state index < -0.39 is 0 Å². The van der Waals surface area contributed by atoms with Gasteiger partial charge in [0.25, 0.3) is 0 Å². The number of amides is 2. The van der Waals surface area contributed by atoms with E-state index in [2.05, 4.69) is 15.0 Å². The fourth-order valence-electron chi connectivity index (χ4n) is 3.45. The lowest BCUT2D eigenvalue weighted by molar-refractivity contribution is -0.139. The Kier molecular flexibility index (Phi) is 5.13. The van der Waals surface area contributed by atoms with Gasteiger partial charge in [-0.05, 0) is 19.4 Å². The lowest BCUT2D eigenvalue weighted by Gasteiger charge is -2.36. The summed E-state index contributed by atoms with van der Waals surface area (Å²) in [7, 11) is 0. The summed E-state index contributed by atoms with van der Waals surface area (Å²) in [6.45, 7) is 8.02. The van der Waals surface area contributed by atoms with Crippen LogP contribution in [-0.2, 0) is 9.59 Å². The molecular formula is C16H25N5O3. The maximum Gasteiger partial charge on any atom is 0.236 e. The van der Waals surface area contributed by atoms with Crippen LogP contribution in [0.2, 0.25) is 0 Å². The second-order valence-electron chi connectivity index (χ2n) is 6.63. The molecule has 1 atom stereocenters. The van der Waals surface area contributed by atoms with Crippen LogP contribution in [0, 0.1) is 6.92 Å². The third-order valence-electron chi connectivity index (χ3n) is 4.85. The van der Waals surface area contributed by atoms with Crippen LogP contribution in [0.3, 0.4) is 0 Å². The van der Waals surface area contributed by atoms with Crippen molar-refractivity contribution in [1.29, 1.82) is 0 Å². The molecule has 2 amide bonds. The number of hydrogen-bond donors (Lipinski definition) is 0. The van der Waals surface area contributed by atoms with E-state index in [4.69, 9.17) is 4.52 Å². The highest BCUT2D eigenvalue weighted by molar-refractivity contribution is 5.79. The topological polar surface area (TPSA) is 82.8 Å². The summed E-state index contributed by atoms with van der Waals surface area (Å²) >= 11 is 0. The van der Waals surface area contributed by atoms with E-state index in [1.165, 1.54) is 0 Å². The Morgan fingerprint density at radius 3 is 2.50 bits per heavy atom. The second-order valence-corrected chi connectivity index (χ2v) is 6.63. The number of piperidine rings is 1. The predicted octanol–water partition coefficient (Wildman–Crippen LogP) is 0.248. The van der Waals surface area contributed by atoms with Crippen molar-refractivity contribution in [3.63, 3.8) is 0 Å². The van der Waals surface area contributed by atoms with E-state index in [-0.39, 0.29) is 17.7 Å². The fraction of sp³-hybridized carbons (Fsp3) is 0.750. The van der Waals surface area contributed by atoms with E-state index in [9.17, 15) is 9.59 Å².